The molecule has 0 heterocycles. The van der Waals surface area contributed by atoms with Crippen molar-refractivity contribution in [1.29, 1.82) is 0 Å². The van der Waals surface area contributed by atoms with Crippen molar-refractivity contribution in [2.24, 2.45) is 11.3 Å². The lowest BCUT2D eigenvalue weighted by molar-refractivity contribution is -0.172. The van der Waals surface area contributed by atoms with E-state index in [0.29, 0.717) is 12.8 Å². The molecular weight excluding hydrogens is 292 g/mol. The molecule has 0 aliphatic rings. The summed E-state index contributed by atoms with van der Waals surface area (Å²) in [5.74, 6) is -2.19. The molecule has 0 saturated carbocycles. The monoisotopic (exact) mass is 324 g/mol. The Morgan fingerprint density at radius 3 is 2.22 bits per heavy atom. The van der Waals surface area contributed by atoms with Gasteiger partial charge in [-0.05, 0) is 12.8 Å². The molecule has 0 radical (unpaired) electrons. The number of esters is 1. The Balaban J connectivity index is 5.46. The minimum atomic E-state index is -1.53. The number of carboxylic acid groups (broad SMARTS) is 1. The summed E-state index contributed by atoms with van der Waals surface area (Å²) in [7, 11) is 0. The first-order chi connectivity index (χ1) is 11.0. The number of carbonyl (C=O) groups is 2. The third-order valence-electron chi connectivity index (χ3n) is 4.29. The van der Waals surface area contributed by atoms with E-state index >= 15 is 0 Å². The van der Waals surface area contributed by atoms with Gasteiger partial charge >= 0.3 is 11.9 Å². The Labute approximate surface area is 140 Å². The topological polar surface area (TPSA) is 63.6 Å². The molecule has 23 heavy (non-hydrogen) atoms. The quantitative estimate of drug-likeness (QED) is 0.217. The number of ether oxygens (including phenoxy) is 1. The lowest BCUT2D eigenvalue weighted by Gasteiger charge is -2.33. The zero-order valence-corrected chi connectivity index (χ0v) is 14.7. The standard InChI is InChI=1S/C19H32O4/c1-5-9-11-13-16(8-4)19(17(20)21,14-12-10-6-2)18(22)23-15-7-3/h7-8,16H,3-6,9-15H2,1-2H3,(H,20,21). The van der Waals surface area contributed by atoms with E-state index in [1.165, 1.54) is 6.08 Å². The lowest BCUT2D eigenvalue weighted by Crippen LogP contribution is -2.46. The molecule has 4 heteroatoms. The predicted octanol–water partition coefficient (Wildman–Crippen LogP) is 4.75. The van der Waals surface area contributed by atoms with Gasteiger partial charge in [0.1, 0.15) is 6.61 Å². The summed E-state index contributed by atoms with van der Waals surface area (Å²) in [4.78, 5) is 24.7. The van der Waals surface area contributed by atoms with Crippen LogP contribution in [-0.4, -0.2) is 23.7 Å². The zero-order chi connectivity index (χ0) is 17.7. The van der Waals surface area contributed by atoms with E-state index in [4.69, 9.17) is 4.74 Å². The van der Waals surface area contributed by atoms with Crippen molar-refractivity contribution >= 4 is 11.9 Å². The van der Waals surface area contributed by atoms with Gasteiger partial charge in [0.2, 0.25) is 0 Å². The Morgan fingerprint density at radius 1 is 1.13 bits per heavy atom. The Hall–Kier alpha value is -1.58. The van der Waals surface area contributed by atoms with Crippen LogP contribution in [0.15, 0.2) is 25.3 Å². The molecule has 0 rings (SSSR count). The van der Waals surface area contributed by atoms with E-state index in [2.05, 4.69) is 20.1 Å². The van der Waals surface area contributed by atoms with Crippen LogP contribution >= 0.6 is 0 Å². The predicted molar refractivity (Wildman–Crippen MR) is 93.2 cm³/mol. The summed E-state index contributed by atoms with van der Waals surface area (Å²) in [5, 5.41) is 9.88. The number of aliphatic carboxylic acids is 1. The van der Waals surface area contributed by atoms with E-state index in [1.807, 2.05) is 6.92 Å². The van der Waals surface area contributed by atoms with Crippen LogP contribution < -0.4 is 0 Å². The molecule has 0 aromatic carbocycles. The summed E-state index contributed by atoms with van der Waals surface area (Å²) in [6.45, 7) is 11.5. The highest BCUT2D eigenvalue weighted by atomic mass is 16.5. The number of hydrogen-bond acceptors (Lipinski definition) is 3. The minimum Gasteiger partial charge on any atom is -0.480 e. The maximum absolute atomic E-state index is 12.6. The molecule has 0 aliphatic carbocycles. The van der Waals surface area contributed by atoms with Gasteiger partial charge < -0.3 is 9.84 Å². The number of carboxylic acids is 1. The summed E-state index contributed by atoms with van der Waals surface area (Å²) in [6.07, 6.45) is 9.47. The zero-order valence-electron chi connectivity index (χ0n) is 14.7. The Kier molecular flexibility index (Phi) is 11.1. The molecule has 0 aromatic heterocycles. The average Bonchev–Trinajstić information content (AvgIpc) is 2.54. The molecule has 1 N–H and O–H groups in total. The first kappa shape index (κ1) is 21.4. The second kappa shape index (κ2) is 11.9. The van der Waals surface area contributed by atoms with Crippen LogP contribution in [0.4, 0.5) is 0 Å². The van der Waals surface area contributed by atoms with Crippen molar-refractivity contribution < 1.29 is 19.4 Å². The molecular formula is C19H32O4. The molecule has 0 amide bonds. The summed E-state index contributed by atoms with van der Waals surface area (Å²) in [5.41, 5.74) is -1.53. The second-order valence-corrected chi connectivity index (χ2v) is 5.96. The fourth-order valence-electron chi connectivity index (χ4n) is 2.89. The van der Waals surface area contributed by atoms with Gasteiger partial charge in [-0.2, -0.15) is 0 Å². The Morgan fingerprint density at radius 2 is 1.74 bits per heavy atom. The van der Waals surface area contributed by atoms with Crippen LogP contribution in [0, 0.1) is 11.3 Å². The van der Waals surface area contributed by atoms with E-state index in [-0.39, 0.29) is 13.0 Å². The maximum atomic E-state index is 12.6. The number of carbonyl (C=O) groups excluding carboxylic acids is 1. The SMILES string of the molecule is C=CCOC(=O)C(CCCCC)(C(=O)O)C(C=C)CCCCC. The summed E-state index contributed by atoms with van der Waals surface area (Å²) >= 11 is 0. The van der Waals surface area contributed by atoms with Crippen molar-refractivity contribution in [2.75, 3.05) is 6.61 Å². The highest BCUT2D eigenvalue weighted by Crippen LogP contribution is 2.39. The molecule has 2 atom stereocenters. The van der Waals surface area contributed by atoms with Crippen LogP contribution in [0.3, 0.4) is 0 Å². The fraction of sp³-hybridized carbons (Fsp3) is 0.684. The van der Waals surface area contributed by atoms with Crippen molar-refractivity contribution in [3.63, 3.8) is 0 Å². The molecule has 0 fully saturated rings. The normalized spacial score (nSPS) is 14.5. The smallest absolute Gasteiger partial charge is 0.324 e. The minimum absolute atomic E-state index is 0.0282. The third kappa shape index (κ3) is 6.20. The first-order valence-corrected chi connectivity index (χ1v) is 8.65. The van der Waals surface area contributed by atoms with Gasteiger partial charge in [-0.3, -0.25) is 9.59 Å². The van der Waals surface area contributed by atoms with E-state index in [9.17, 15) is 14.7 Å². The first-order valence-electron chi connectivity index (χ1n) is 8.65. The Bertz CT molecular complexity index is 389. The fourth-order valence-corrected chi connectivity index (χ4v) is 2.89. The molecule has 0 aromatic rings. The van der Waals surface area contributed by atoms with Crippen LogP contribution in [0.1, 0.15) is 65.2 Å². The number of hydrogen-bond donors (Lipinski definition) is 1. The highest BCUT2D eigenvalue weighted by Gasteiger charge is 2.51. The van der Waals surface area contributed by atoms with Crippen LogP contribution in [0.25, 0.3) is 0 Å². The average molecular weight is 324 g/mol. The van der Waals surface area contributed by atoms with Gasteiger partial charge in [-0.15, -0.1) is 6.58 Å². The van der Waals surface area contributed by atoms with Crippen molar-refractivity contribution in [3.8, 4) is 0 Å². The van der Waals surface area contributed by atoms with Gasteiger partial charge in [0.05, 0.1) is 0 Å². The number of unbranched alkanes of at least 4 members (excludes halogenated alkanes) is 4. The number of allylic oxidation sites excluding steroid dienone is 1. The second-order valence-electron chi connectivity index (χ2n) is 5.96. The summed E-state index contributed by atoms with van der Waals surface area (Å²) < 4.78 is 5.15. The van der Waals surface area contributed by atoms with Crippen molar-refractivity contribution in [2.45, 2.75) is 65.2 Å². The highest BCUT2D eigenvalue weighted by molar-refractivity contribution is 5.99. The molecule has 0 bridgehead atoms. The molecule has 2 unspecified atom stereocenters. The lowest BCUT2D eigenvalue weighted by atomic mass is 9.69. The van der Waals surface area contributed by atoms with Gasteiger partial charge in [-0.25, -0.2) is 0 Å². The van der Waals surface area contributed by atoms with Gasteiger partial charge in [0.15, 0.2) is 5.41 Å². The van der Waals surface area contributed by atoms with Gasteiger partial charge in [0, 0.05) is 5.92 Å². The third-order valence-corrected chi connectivity index (χ3v) is 4.29. The van der Waals surface area contributed by atoms with Crippen LogP contribution in [-0.2, 0) is 14.3 Å². The summed E-state index contributed by atoms with van der Waals surface area (Å²) in [6, 6.07) is 0. The molecule has 132 valence electrons. The van der Waals surface area contributed by atoms with Crippen molar-refractivity contribution in [3.05, 3.63) is 25.3 Å². The molecule has 0 aliphatic heterocycles. The van der Waals surface area contributed by atoms with Gasteiger partial charge in [-0.1, -0.05) is 71.1 Å². The van der Waals surface area contributed by atoms with E-state index in [0.717, 1.165) is 32.1 Å². The van der Waals surface area contributed by atoms with Crippen molar-refractivity contribution in [1.82, 2.24) is 0 Å². The maximum Gasteiger partial charge on any atom is 0.324 e. The van der Waals surface area contributed by atoms with Gasteiger partial charge in [0.25, 0.3) is 0 Å². The number of rotatable bonds is 14. The van der Waals surface area contributed by atoms with E-state index in [1.54, 1.807) is 6.08 Å². The van der Waals surface area contributed by atoms with Crippen LogP contribution in [0.5, 0.6) is 0 Å². The molecule has 0 saturated heterocycles. The molecule has 4 nitrogen and oxygen atoms in total. The largest absolute Gasteiger partial charge is 0.480 e. The van der Waals surface area contributed by atoms with E-state index < -0.39 is 23.3 Å². The molecule has 0 spiro atoms. The van der Waals surface area contributed by atoms with Crippen LogP contribution in [0.2, 0.25) is 0 Å².